The van der Waals surface area contributed by atoms with Crippen LogP contribution in [0.5, 0.6) is 0 Å². The molecule has 4 atom stereocenters. The van der Waals surface area contributed by atoms with Crippen LogP contribution in [0.25, 0.3) is 0 Å². The number of rotatable bonds is 1. The minimum Gasteiger partial charge on any atom is -0.458 e. The predicted molar refractivity (Wildman–Crippen MR) is 106 cm³/mol. The number of fused-ring (bicyclic) bond motifs is 4. The van der Waals surface area contributed by atoms with Crippen molar-refractivity contribution >= 4 is 23.0 Å². The molecule has 3 aliphatic rings. The van der Waals surface area contributed by atoms with Gasteiger partial charge in [-0.3, -0.25) is 4.79 Å². The summed E-state index contributed by atoms with van der Waals surface area (Å²) in [5.41, 5.74) is 1.58. The summed E-state index contributed by atoms with van der Waals surface area (Å²) in [6.45, 7) is 0. The molecule has 4 bridgehead atoms. The van der Waals surface area contributed by atoms with E-state index in [9.17, 15) is 14.7 Å². The maximum Gasteiger partial charge on any atom is 0.338 e. The van der Waals surface area contributed by atoms with Crippen LogP contribution in [-0.2, 0) is 15.9 Å². The largest absolute Gasteiger partial charge is 0.458 e. The highest BCUT2D eigenvalue weighted by molar-refractivity contribution is 8.14. The number of hydrogen-bond acceptors (Lipinski definition) is 6. The third-order valence-corrected chi connectivity index (χ3v) is 6.37. The number of amides is 1. The average molecular weight is 404 g/mol. The Labute approximate surface area is 168 Å². The predicted octanol–water partition coefficient (Wildman–Crippen LogP) is 3.19. The van der Waals surface area contributed by atoms with Crippen LogP contribution in [0.3, 0.4) is 0 Å². The standard InChI is InChI=1S/C21H25NO5S/c23-19-15-8-5-7-14(10-15)6-3-1-2-4-9-16-11-17(26-19)12-21(25,27-16)18-13-28-20(24)22-18/h1,3,5,7-8,10,16-18,25H,2,4,6,9,11-13H2,(H,22,24)/b3-1-/t16-,17-,18+,21-/m1/s1. The molecule has 7 heteroatoms. The third kappa shape index (κ3) is 4.42. The highest BCUT2D eigenvalue weighted by atomic mass is 32.2. The zero-order valence-electron chi connectivity index (χ0n) is 15.6. The minimum absolute atomic E-state index is 0.153. The molecule has 1 amide bonds. The second-order valence-corrected chi connectivity index (χ2v) is 8.65. The van der Waals surface area contributed by atoms with E-state index >= 15 is 0 Å². The molecule has 2 saturated heterocycles. The Morgan fingerprint density at radius 1 is 1.21 bits per heavy atom. The van der Waals surface area contributed by atoms with E-state index in [2.05, 4.69) is 17.5 Å². The van der Waals surface area contributed by atoms with Gasteiger partial charge in [-0.1, -0.05) is 36.0 Å². The van der Waals surface area contributed by atoms with Crippen LogP contribution in [0.1, 0.15) is 48.0 Å². The van der Waals surface area contributed by atoms with E-state index in [0.29, 0.717) is 17.7 Å². The van der Waals surface area contributed by atoms with Gasteiger partial charge in [-0.15, -0.1) is 0 Å². The van der Waals surface area contributed by atoms with Crippen molar-refractivity contribution in [1.29, 1.82) is 0 Å². The van der Waals surface area contributed by atoms with Crippen LogP contribution in [0.4, 0.5) is 4.79 Å². The SMILES string of the molecule is O=C1N[C@H]([C@@]2(O)C[C@H]3C[C@@H](CCC/C=C\Cc4cccc(c4)C(=O)O3)O2)CS1. The molecule has 0 saturated carbocycles. The van der Waals surface area contributed by atoms with E-state index in [-0.39, 0.29) is 23.7 Å². The van der Waals surface area contributed by atoms with E-state index in [1.807, 2.05) is 18.2 Å². The van der Waals surface area contributed by atoms with Crippen LogP contribution in [-0.4, -0.2) is 46.1 Å². The molecule has 1 aromatic rings. The summed E-state index contributed by atoms with van der Waals surface area (Å²) < 4.78 is 11.8. The lowest BCUT2D eigenvalue weighted by Crippen LogP contribution is -2.58. The van der Waals surface area contributed by atoms with Gasteiger partial charge in [-0.05, 0) is 43.4 Å². The number of carbonyl (C=O) groups excluding carboxylic acids is 2. The second-order valence-electron chi connectivity index (χ2n) is 7.65. The number of thioether (sulfide) groups is 1. The number of esters is 1. The molecule has 1 aromatic carbocycles. The lowest BCUT2D eigenvalue weighted by Gasteiger charge is -2.43. The van der Waals surface area contributed by atoms with Gasteiger partial charge in [-0.2, -0.15) is 0 Å². The third-order valence-electron chi connectivity index (χ3n) is 5.49. The fourth-order valence-corrected chi connectivity index (χ4v) is 4.94. The lowest BCUT2D eigenvalue weighted by atomic mass is 9.91. The monoisotopic (exact) mass is 403 g/mol. The van der Waals surface area contributed by atoms with Crippen molar-refractivity contribution in [2.24, 2.45) is 0 Å². The molecule has 0 unspecified atom stereocenters. The summed E-state index contributed by atoms with van der Waals surface area (Å²) in [6, 6.07) is 6.96. The van der Waals surface area contributed by atoms with E-state index in [1.54, 1.807) is 6.07 Å². The zero-order chi connectivity index (χ0) is 19.6. The van der Waals surface area contributed by atoms with Gasteiger partial charge < -0.3 is 19.9 Å². The Morgan fingerprint density at radius 3 is 2.93 bits per heavy atom. The summed E-state index contributed by atoms with van der Waals surface area (Å²) in [7, 11) is 0. The van der Waals surface area contributed by atoms with Crippen LogP contribution >= 0.6 is 11.8 Å². The first-order valence-corrected chi connectivity index (χ1v) is 10.8. The molecular formula is C21H25NO5S. The summed E-state index contributed by atoms with van der Waals surface area (Å²) >= 11 is 1.13. The van der Waals surface area contributed by atoms with Crippen molar-refractivity contribution in [2.45, 2.75) is 62.6 Å². The van der Waals surface area contributed by atoms with Gasteiger partial charge in [0.05, 0.1) is 17.7 Å². The Balaban J connectivity index is 1.57. The fraction of sp³-hybridized carbons (Fsp3) is 0.524. The Kier molecular flexibility index (Phi) is 5.75. The number of ether oxygens (including phenoxy) is 2. The second kappa shape index (κ2) is 8.27. The first kappa shape index (κ1) is 19.5. The van der Waals surface area contributed by atoms with Crippen LogP contribution < -0.4 is 5.32 Å². The Morgan fingerprint density at radius 2 is 2.11 bits per heavy atom. The molecule has 6 nitrogen and oxygen atoms in total. The van der Waals surface area contributed by atoms with Crippen LogP contribution in [0, 0.1) is 0 Å². The molecule has 28 heavy (non-hydrogen) atoms. The molecule has 150 valence electrons. The van der Waals surface area contributed by atoms with Gasteiger partial charge in [0.2, 0.25) is 0 Å². The molecule has 0 radical (unpaired) electrons. The minimum atomic E-state index is -1.53. The van der Waals surface area contributed by atoms with Crippen molar-refractivity contribution in [1.82, 2.24) is 5.32 Å². The number of aliphatic hydroxyl groups is 1. The van der Waals surface area contributed by atoms with Gasteiger partial charge in [-0.25, -0.2) is 4.79 Å². The number of carbonyl (C=O) groups is 2. The average Bonchev–Trinajstić information content (AvgIpc) is 3.11. The Bertz CT molecular complexity index is 782. The highest BCUT2D eigenvalue weighted by Gasteiger charge is 2.49. The normalized spacial score (nSPS) is 34.8. The summed E-state index contributed by atoms with van der Waals surface area (Å²) in [4.78, 5) is 24.3. The molecule has 4 rings (SSSR count). The van der Waals surface area contributed by atoms with Gasteiger partial charge >= 0.3 is 5.97 Å². The van der Waals surface area contributed by atoms with Gasteiger partial charge in [0.15, 0.2) is 5.79 Å². The lowest BCUT2D eigenvalue weighted by molar-refractivity contribution is -0.281. The maximum atomic E-state index is 12.7. The van der Waals surface area contributed by atoms with Crippen molar-refractivity contribution in [3.8, 4) is 0 Å². The van der Waals surface area contributed by atoms with E-state index in [0.717, 1.165) is 43.0 Å². The van der Waals surface area contributed by atoms with Gasteiger partial charge in [0.1, 0.15) is 6.10 Å². The van der Waals surface area contributed by atoms with Crippen LogP contribution in [0.2, 0.25) is 0 Å². The molecule has 2 N–H and O–H groups in total. The smallest absolute Gasteiger partial charge is 0.338 e. The number of benzene rings is 1. The molecular weight excluding hydrogens is 378 g/mol. The molecule has 3 heterocycles. The van der Waals surface area contributed by atoms with E-state index in [1.165, 1.54) is 0 Å². The molecule has 3 aliphatic heterocycles. The summed E-state index contributed by atoms with van der Waals surface area (Å²) in [6.07, 6.45) is 7.68. The van der Waals surface area contributed by atoms with E-state index < -0.39 is 17.9 Å². The van der Waals surface area contributed by atoms with Gasteiger partial charge in [0.25, 0.3) is 5.24 Å². The summed E-state index contributed by atoms with van der Waals surface area (Å²) in [5.74, 6) is -1.48. The number of hydrogen-bond donors (Lipinski definition) is 2. The summed E-state index contributed by atoms with van der Waals surface area (Å²) in [5, 5.41) is 13.8. The number of allylic oxidation sites excluding steroid dienone is 2. The first-order chi connectivity index (χ1) is 13.5. The topological polar surface area (TPSA) is 84.9 Å². The Hall–Kier alpha value is -1.83. The van der Waals surface area contributed by atoms with Crippen molar-refractivity contribution < 1.29 is 24.2 Å². The quantitative estimate of drug-likeness (QED) is 0.553. The molecule has 0 spiro atoms. The fourth-order valence-electron chi connectivity index (χ4n) is 4.05. The molecule has 0 aromatic heterocycles. The first-order valence-electron chi connectivity index (χ1n) is 9.80. The van der Waals surface area contributed by atoms with E-state index in [4.69, 9.17) is 9.47 Å². The maximum absolute atomic E-state index is 12.7. The van der Waals surface area contributed by atoms with Crippen LogP contribution in [0.15, 0.2) is 36.4 Å². The van der Waals surface area contributed by atoms with Crippen molar-refractivity contribution in [2.75, 3.05) is 5.75 Å². The zero-order valence-corrected chi connectivity index (χ0v) is 16.5. The molecule has 0 aliphatic carbocycles. The highest BCUT2D eigenvalue weighted by Crippen LogP contribution is 2.36. The molecule has 2 fully saturated rings. The van der Waals surface area contributed by atoms with Gasteiger partial charge in [0, 0.05) is 18.6 Å². The van der Waals surface area contributed by atoms with Crippen molar-refractivity contribution in [3.63, 3.8) is 0 Å². The number of nitrogens with one attached hydrogen (secondary N) is 1. The van der Waals surface area contributed by atoms with Crippen molar-refractivity contribution in [3.05, 3.63) is 47.5 Å².